The SMILES string of the molecule is C=C=C[C@@]1(O)[C@H](O)[C@@H](CO)O[C@H]1n1cnc(N)nc1=O. The number of rotatable bonds is 3. The lowest BCUT2D eigenvalue weighted by Crippen LogP contribution is -2.47. The van der Waals surface area contributed by atoms with E-state index >= 15 is 0 Å². The van der Waals surface area contributed by atoms with E-state index in [0.717, 1.165) is 17.0 Å². The van der Waals surface area contributed by atoms with E-state index in [4.69, 9.17) is 15.6 Å². The van der Waals surface area contributed by atoms with E-state index in [-0.39, 0.29) is 5.95 Å². The lowest BCUT2D eigenvalue weighted by molar-refractivity contribution is -0.0818. The second-order valence-electron chi connectivity index (χ2n) is 4.29. The summed E-state index contributed by atoms with van der Waals surface area (Å²) < 4.78 is 6.16. The molecule has 0 aromatic carbocycles. The predicted molar refractivity (Wildman–Crippen MR) is 66.4 cm³/mol. The van der Waals surface area contributed by atoms with Gasteiger partial charge in [-0.05, 0) is 6.08 Å². The highest BCUT2D eigenvalue weighted by atomic mass is 16.6. The van der Waals surface area contributed by atoms with E-state index < -0.39 is 36.3 Å². The summed E-state index contributed by atoms with van der Waals surface area (Å²) in [5, 5.41) is 29.6. The van der Waals surface area contributed by atoms with Gasteiger partial charge in [-0.1, -0.05) is 6.58 Å². The molecule has 1 saturated heterocycles. The van der Waals surface area contributed by atoms with Crippen LogP contribution in [0.1, 0.15) is 6.23 Å². The van der Waals surface area contributed by atoms with Gasteiger partial charge in [0.2, 0.25) is 5.95 Å². The first-order valence-electron chi connectivity index (χ1n) is 5.68. The fourth-order valence-corrected chi connectivity index (χ4v) is 2.06. The van der Waals surface area contributed by atoms with Crippen molar-refractivity contribution in [1.29, 1.82) is 0 Å². The summed E-state index contributed by atoms with van der Waals surface area (Å²) in [5.74, 6) is -0.230. The largest absolute Gasteiger partial charge is 0.394 e. The Hall–Kier alpha value is -2.03. The first kappa shape index (κ1) is 14.4. The van der Waals surface area contributed by atoms with Crippen LogP contribution < -0.4 is 11.4 Å². The molecule has 108 valence electrons. The number of nitrogen functional groups attached to an aromatic ring is 1. The van der Waals surface area contributed by atoms with Gasteiger partial charge in [-0.2, -0.15) is 4.98 Å². The molecule has 9 nitrogen and oxygen atoms in total. The molecule has 0 amide bonds. The minimum Gasteiger partial charge on any atom is -0.394 e. The molecule has 1 fully saturated rings. The molecular weight excluding hydrogens is 268 g/mol. The average Bonchev–Trinajstić information content (AvgIpc) is 2.63. The zero-order valence-electron chi connectivity index (χ0n) is 10.4. The smallest absolute Gasteiger partial charge is 0.354 e. The van der Waals surface area contributed by atoms with Crippen LogP contribution in [0, 0.1) is 0 Å². The molecule has 0 aliphatic carbocycles. The van der Waals surface area contributed by atoms with Gasteiger partial charge < -0.3 is 25.8 Å². The summed E-state index contributed by atoms with van der Waals surface area (Å²) >= 11 is 0. The number of aliphatic hydroxyl groups excluding tert-OH is 2. The molecule has 9 heteroatoms. The molecular formula is C11H14N4O5. The highest BCUT2D eigenvalue weighted by Crippen LogP contribution is 2.38. The van der Waals surface area contributed by atoms with E-state index in [9.17, 15) is 15.0 Å². The Kier molecular flexibility index (Phi) is 3.71. The Labute approximate surface area is 113 Å². The van der Waals surface area contributed by atoms with Crippen LogP contribution >= 0.6 is 0 Å². The quantitative estimate of drug-likeness (QED) is 0.447. The number of nitrogens with zero attached hydrogens (tertiary/aromatic N) is 3. The minimum absolute atomic E-state index is 0.230. The maximum atomic E-state index is 11.8. The molecule has 1 aromatic rings. The number of aliphatic hydroxyl groups is 3. The van der Waals surface area contributed by atoms with Crippen LogP contribution in [0.3, 0.4) is 0 Å². The van der Waals surface area contributed by atoms with E-state index in [2.05, 4.69) is 22.3 Å². The van der Waals surface area contributed by atoms with Crippen molar-refractivity contribution in [3.05, 3.63) is 35.2 Å². The summed E-state index contributed by atoms with van der Waals surface area (Å²) in [6, 6.07) is 0. The number of anilines is 1. The topological polar surface area (TPSA) is 144 Å². The summed E-state index contributed by atoms with van der Waals surface area (Å²) in [4.78, 5) is 18.8. The van der Waals surface area contributed by atoms with Crippen LogP contribution in [0.5, 0.6) is 0 Å². The van der Waals surface area contributed by atoms with Crippen molar-refractivity contribution < 1.29 is 20.1 Å². The third kappa shape index (κ3) is 2.13. The maximum Gasteiger partial charge on any atom is 0.354 e. The van der Waals surface area contributed by atoms with Gasteiger partial charge in [0.05, 0.1) is 6.61 Å². The summed E-state index contributed by atoms with van der Waals surface area (Å²) in [6.07, 6.45) is -1.81. The molecule has 0 unspecified atom stereocenters. The number of ether oxygens (including phenoxy) is 1. The van der Waals surface area contributed by atoms with Crippen molar-refractivity contribution in [2.24, 2.45) is 0 Å². The molecule has 1 aliphatic rings. The van der Waals surface area contributed by atoms with Crippen LogP contribution in [-0.2, 0) is 4.74 Å². The fourth-order valence-electron chi connectivity index (χ4n) is 2.06. The molecule has 2 rings (SSSR count). The predicted octanol–water partition coefficient (Wildman–Crippen LogP) is -2.46. The first-order chi connectivity index (χ1) is 9.43. The third-order valence-electron chi connectivity index (χ3n) is 3.04. The number of hydrogen-bond donors (Lipinski definition) is 4. The maximum absolute atomic E-state index is 11.8. The van der Waals surface area contributed by atoms with Crippen molar-refractivity contribution in [2.75, 3.05) is 12.3 Å². The van der Waals surface area contributed by atoms with Crippen molar-refractivity contribution in [3.63, 3.8) is 0 Å². The van der Waals surface area contributed by atoms with Crippen LogP contribution in [0.25, 0.3) is 0 Å². The Morgan fingerprint density at radius 3 is 2.95 bits per heavy atom. The molecule has 4 atom stereocenters. The first-order valence-corrected chi connectivity index (χ1v) is 5.68. The summed E-state index contributed by atoms with van der Waals surface area (Å²) in [6.45, 7) is 2.76. The highest BCUT2D eigenvalue weighted by molar-refractivity contribution is 5.15. The van der Waals surface area contributed by atoms with Gasteiger partial charge in [0, 0.05) is 0 Å². The summed E-state index contributed by atoms with van der Waals surface area (Å²) in [5.41, 5.74) is 4.79. The van der Waals surface area contributed by atoms with Crippen molar-refractivity contribution in [2.45, 2.75) is 24.0 Å². The van der Waals surface area contributed by atoms with Gasteiger partial charge in [-0.15, -0.1) is 5.73 Å². The van der Waals surface area contributed by atoms with Crippen LogP contribution in [-0.4, -0.2) is 54.3 Å². The van der Waals surface area contributed by atoms with Gasteiger partial charge in [-0.25, -0.2) is 9.78 Å². The molecule has 0 radical (unpaired) electrons. The minimum atomic E-state index is -2.00. The third-order valence-corrected chi connectivity index (χ3v) is 3.04. The highest BCUT2D eigenvalue weighted by Gasteiger charge is 2.55. The molecule has 0 bridgehead atoms. The molecule has 1 aromatic heterocycles. The number of hydrogen-bond acceptors (Lipinski definition) is 8. The van der Waals surface area contributed by atoms with Crippen molar-refractivity contribution in [1.82, 2.24) is 14.5 Å². The van der Waals surface area contributed by atoms with Gasteiger partial charge in [0.15, 0.2) is 11.8 Å². The molecule has 5 N–H and O–H groups in total. The average molecular weight is 282 g/mol. The lowest BCUT2D eigenvalue weighted by Gasteiger charge is -2.27. The molecule has 1 aliphatic heterocycles. The number of nitrogens with two attached hydrogens (primary N) is 1. The van der Waals surface area contributed by atoms with E-state index in [1.54, 1.807) is 0 Å². The Morgan fingerprint density at radius 2 is 2.40 bits per heavy atom. The monoisotopic (exact) mass is 282 g/mol. The zero-order valence-corrected chi connectivity index (χ0v) is 10.4. The zero-order chi connectivity index (χ0) is 14.9. The normalized spacial score (nSPS) is 32.9. The van der Waals surface area contributed by atoms with Crippen LogP contribution in [0.15, 0.2) is 29.5 Å². The van der Waals surface area contributed by atoms with Crippen molar-refractivity contribution in [3.8, 4) is 0 Å². The van der Waals surface area contributed by atoms with Gasteiger partial charge in [0.1, 0.15) is 18.5 Å². The van der Waals surface area contributed by atoms with Crippen molar-refractivity contribution >= 4 is 5.95 Å². The second kappa shape index (κ2) is 5.16. The Morgan fingerprint density at radius 1 is 1.70 bits per heavy atom. The van der Waals surface area contributed by atoms with E-state index in [0.29, 0.717) is 0 Å². The van der Waals surface area contributed by atoms with Crippen LogP contribution in [0.2, 0.25) is 0 Å². The summed E-state index contributed by atoms with van der Waals surface area (Å²) in [7, 11) is 0. The van der Waals surface area contributed by atoms with E-state index in [1.165, 1.54) is 0 Å². The van der Waals surface area contributed by atoms with Gasteiger partial charge in [0.25, 0.3) is 0 Å². The standard InChI is InChI=1S/C11H14N4O5/c1-2-3-11(19)7(17)6(4-16)20-8(11)15-5-13-9(12)14-10(15)18/h3,5-8,16-17,19H,1,4H2,(H2,12,14,18)/t6-,7-,8-,11-/m1/s1. The molecule has 0 spiro atoms. The Balaban J connectivity index is 2.53. The second-order valence-corrected chi connectivity index (χ2v) is 4.29. The van der Waals surface area contributed by atoms with E-state index in [1.807, 2.05) is 0 Å². The lowest BCUT2D eigenvalue weighted by atomic mass is 9.94. The van der Waals surface area contributed by atoms with Gasteiger partial charge >= 0.3 is 5.69 Å². The molecule has 0 saturated carbocycles. The van der Waals surface area contributed by atoms with Crippen LogP contribution in [0.4, 0.5) is 5.95 Å². The van der Waals surface area contributed by atoms with Gasteiger partial charge in [-0.3, -0.25) is 4.57 Å². The fraction of sp³-hybridized carbons (Fsp3) is 0.455. The molecule has 20 heavy (non-hydrogen) atoms. The molecule has 2 heterocycles. The Bertz CT molecular complexity index is 611. The number of aromatic nitrogens is 3.